The molecule has 1 aromatic rings. The van der Waals surface area contributed by atoms with Gasteiger partial charge < -0.3 is 20.1 Å². The highest BCUT2D eigenvalue weighted by Gasteiger charge is 2.23. The van der Waals surface area contributed by atoms with E-state index in [0.717, 1.165) is 18.5 Å². The van der Waals surface area contributed by atoms with Crippen molar-refractivity contribution in [2.75, 3.05) is 19.5 Å². The Morgan fingerprint density at radius 3 is 2.30 bits per heavy atom. The Morgan fingerprint density at radius 1 is 1.20 bits per heavy atom. The Kier molecular flexibility index (Phi) is 4.98. The molecular formula is C15H22N2O3. The van der Waals surface area contributed by atoms with Crippen molar-refractivity contribution in [3.8, 4) is 0 Å². The molecule has 0 aliphatic heterocycles. The molecule has 5 nitrogen and oxygen atoms in total. The van der Waals surface area contributed by atoms with Gasteiger partial charge in [0.2, 0.25) is 0 Å². The second-order valence-corrected chi connectivity index (χ2v) is 5.10. The van der Waals surface area contributed by atoms with Crippen LogP contribution in [0, 0.1) is 0 Å². The summed E-state index contributed by atoms with van der Waals surface area (Å²) in [5.74, 6) is -0.00115. The Morgan fingerprint density at radius 2 is 1.80 bits per heavy atom. The fourth-order valence-electron chi connectivity index (χ4n) is 2.05. The van der Waals surface area contributed by atoms with E-state index in [-0.39, 0.29) is 18.2 Å². The number of carbonyl (C=O) groups excluding carboxylic acids is 1. The maximum Gasteiger partial charge on any atom is 0.251 e. The monoisotopic (exact) mass is 278 g/mol. The number of anilines is 1. The van der Waals surface area contributed by atoms with Crippen LogP contribution in [0.4, 0.5) is 5.69 Å². The lowest BCUT2D eigenvalue weighted by Crippen LogP contribution is -2.33. The first-order valence-corrected chi connectivity index (χ1v) is 6.87. The predicted molar refractivity (Wildman–Crippen MR) is 77.8 cm³/mol. The number of ether oxygens (including phenoxy) is 2. The highest BCUT2D eigenvalue weighted by Crippen LogP contribution is 2.20. The second kappa shape index (κ2) is 6.72. The molecule has 1 aromatic carbocycles. The third-order valence-corrected chi connectivity index (χ3v) is 3.33. The summed E-state index contributed by atoms with van der Waals surface area (Å²) in [6.45, 7) is 1.98. The molecule has 0 spiro atoms. The molecular weight excluding hydrogens is 256 g/mol. The molecule has 0 bridgehead atoms. The summed E-state index contributed by atoms with van der Waals surface area (Å²) in [6.07, 6.45) is 1.88. The van der Waals surface area contributed by atoms with Crippen molar-refractivity contribution in [2.45, 2.75) is 38.1 Å². The van der Waals surface area contributed by atoms with E-state index in [1.165, 1.54) is 0 Å². The molecule has 1 aliphatic rings. The van der Waals surface area contributed by atoms with Gasteiger partial charge in [-0.2, -0.15) is 0 Å². The number of methoxy groups -OCH3 is 2. The van der Waals surface area contributed by atoms with E-state index in [9.17, 15) is 4.79 Å². The lowest BCUT2D eigenvalue weighted by molar-refractivity contribution is -0.109. The molecule has 1 atom stereocenters. The fraction of sp³-hybridized carbons (Fsp3) is 0.533. The van der Waals surface area contributed by atoms with Gasteiger partial charge in [-0.15, -0.1) is 0 Å². The average Bonchev–Trinajstić information content (AvgIpc) is 3.25. The molecule has 1 saturated carbocycles. The first kappa shape index (κ1) is 14.8. The van der Waals surface area contributed by atoms with Gasteiger partial charge in [0.05, 0.1) is 6.04 Å². The highest BCUT2D eigenvalue weighted by molar-refractivity contribution is 5.94. The first-order valence-electron chi connectivity index (χ1n) is 6.87. The van der Waals surface area contributed by atoms with Gasteiger partial charge in [-0.1, -0.05) is 0 Å². The largest absolute Gasteiger partial charge is 0.377 e. The number of hydrogen-bond acceptors (Lipinski definition) is 4. The van der Waals surface area contributed by atoms with Crippen molar-refractivity contribution in [3.63, 3.8) is 0 Å². The fourth-order valence-corrected chi connectivity index (χ4v) is 2.05. The van der Waals surface area contributed by atoms with Crippen LogP contribution in [-0.4, -0.2) is 38.5 Å². The maximum atomic E-state index is 11.9. The lowest BCUT2D eigenvalue weighted by atomic mass is 10.2. The van der Waals surface area contributed by atoms with Gasteiger partial charge in [0.15, 0.2) is 6.29 Å². The van der Waals surface area contributed by atoms with Crippen LogP contribution in [0.1, 0.15) is 30.1 Å². The number of carbonyl (C=O) groups is 1. The molecule has 1 amide bonds. The third-order valence-electron chi connectivity index (χ3n) is 3.33. The normalized spacial score (nSPS) is 16.0. The highest BCUT2D eigenvalue weighted by atomic mass is 16.7. The molecule has 0 heterocycles. The van der Waals surface area contributed by atoms with E-state index in [4.69, 9.17) is 9.47 Å². The predicted octanol–water partition coefficient (Wildman–Crippen LogP) is 2.00. The molecule has 0 aromatic heterocycles. The molecule has 1 aliphatic carbocycles. The standard InChI is InChI=1S/C15H22N2O3/c1-10(15(19-2)20-3)16-12-6-4-11(5-7-12)14(18)17-13-8-9-13/h4-7,10,13,15-16H,8-9H2,1-3H3,(H,17,18). The summed E-state index contributed by atoms with van der Waals surface area (Å²) in [5, 5.41) is 6.25. The number of nitrogens with one attached hydrogen (secondary N) is 2. The number of rotatable bonds is 7. The second-order valence-electron chi connectivity index (χ2n) is 5.10. The minimum atomic E-state index is -0.312. The van der Waals surface area contributed by atoms with Crippen molar-refractivity contribution >= 4 is 11.6 Å². The average molecular weight is 278 g/mol. The van der Waals surface area contributed by atoms with E-state index >= 15 is 0 Å². The van der Waals surface area contributed by atoms with E-state index < -0.39 is 0 Å². The Hall–Kier alpha value is -1.59. The van der Waals surface area contributed by atoms with Crippen molar-refractivity contribution in [3.05, 3.63) is 29.8 Å². The molecule has 2 rings (SSSR count). The van der Waals surface area contributed by atoms with Crippen LogP contribution in [0.3, 0.4) is 0 Å². The molecule has 0 saturated heterocycles. The van der Waals surface area contributed by atoms with Gasteiger partial charge >= 0.3 is 0 Å². The zero-order valence-corrected chi connectivity index (χ0v) is 12.2. The minimum absolute atomic E-state index is 0.00115. The summed E-state index contributed by atoms with van der Waals surface area (Å²) < 4.78 is 10.4. The molecule has 0 radical (unpaired) electrons. The Labute approximate surface area is 119 Å². The maximum absolute atomic E-state index is 11.9. The number of amides is 1. The van der Waals surface area contributed by atoms with Crippen molar-refractivity contribution < 1.29 is 14.3 Å². The summed E-state index contributed by atoms with van der Waals surface area (Å²) in [6, 6.07) is 7.81. The summed E-state index contributed by atoms with van der Waals surface area (Å²) in [5.41, 5.74) is 1.62. The van der Waals surface area contributed by atoms with E-state index in [2.05, 4.69) is 10.6 Å². The van der Waals surface area contributed by atoms with Gasteiger partial charge in [0.1, 0.15) is 0 Å². The molecule has 2 N–H and O–H groups in total. The van der Waals surface area contributed by atoms with Crippen LogP contribution in [0.25, 0.3) is 0 Å². The van der Waals surface area contributed by atoms with E-state index in [0.29, 0.717) is 11.6 Å². The van der Waals surface area contributed by atoms with Crippen molar-refractivity contribution in [1.82, 2.24) is 5.32 Å². The van der Waals surface area contributed by atoms with Gasteiger partial charge in [0.25, 0.3) is 5.91 Å². The van der Waals surface area contributed by atoms with Crippen LogP contribution in [0.15, 0.2) is 24.3 Å². The van der Waals surface area contributed by atoms with Crippen molar-refractivity contribution in [2.24, 2.45) is 0 Å². The summed E-state index contributed by atoms with van der Waals surface area (Å²) in [7, 11) is 3.22. The lowest BCUT2D eigenvalue weighted by Gasteiger charge is -2.23. The molecule has 1 unspecified atom stereocenters. The van der Waals surface area contributed by atoms with Crippen LogP contribution in [0.2, 0.25) is 0 Å². The SMILES string of the molecule is COC(OC)C(C)Nc1ccc(C(=O)NC2CC2)cc1. The quantitative estimate of drug-likeness (QED) is 0.749. The first-order chi connectivity index (χ1) is 9.63. The van der Waals surface area contributed by atoms with E-state index in [1.807, 2.05) is 31.2 Å². The van der Waals surface area contributed by atoms with Crippen molar-refractivity contribution in [1.29, 1.82) is 0 Å². The third kappa shape index (κ3) is 3.95. The number of hydrogen-bond donors (Lipinski definition) is 2. The van der Waals surface area contributed by atoms with Gasteiger partial charge in [-0.3, -0.25) is 4.79 Å². The van der Waals surface area contributed by atoms with Gasteiger partial charge in [-0.25, -0.2) is 0 Å². The van der Waals surface area contributed by atoms with Crippen LogP contribution >= 0.6 is 0 Å². The number of benzene rings is 1. The van der Waals surface area contributed by atoms with Crippen LogP contribution in [0.5, 0.6) is 0 Å². The van der Waals surface area contributed by atoms with Crippen LogP contribution < -0.4 is 10.6 Å². The minimum Gasteiger partial charge on any atom is -0.377 e. The molecule has 1 fully saturated rings. The van der Waals surface area contributed by atoms with Gasteiger partial charge in [-0.05, 0) is 44.0 Å². The zero-order valence-electron chi connectivity index (χ0n) is 12.2. The topological polar surface area (TPSA) is 59.6 Å². The Balaban J connectivity index is 1.91. The van der Waals surface area contributed by atoms with Gasteiger partial charge in [0, 0.05) is 31.5 Å². The zero-order chi connectivity index (χ0) is 14.5. The van der Waals surface area contributed by atoms with E-state index in [1.54, 1.807) is 14.2 Å². The molecule has 20 heavy (non-hydrogen) atoms. The summed E-state index contributed by atoms with van der Waals surface area (Å²) in [4.78, 5) is 11.9. The summed E-state index contributed by atoms with van der Waals surface area (Å²) >= 11 is 0. The molecule has 110 valence electrons. The Bertz CT molecular complexity index is 439. The smallest absolute Gasteiger partial charge is 0.251 e. The van der Waals surface area contributed by atoms with Crippen LogP contribution in [-0.2, 0) is 9.47 Å². The molecule has 5 heteroatoms.